The first kappa shape index (κ1) is 7.22. The van der Waals surface area contributed by atoms with Crippen LogP contribution in [0.1, 0.15) is 13.8 Å². The van der Waals surface area contributed by atoms with Crippen LogP contribution in [-0.4, -0.2) is 17.0 Å². The van der Waals surface area contributed by atoms with E-state index in [0.29, 0.717) is 5.57 Å². The molecule has 0 spiro atoms. The summed E-state index contributed by atoms with van der Waals surface area (Å²) in [6.07, 6.45) is 2.25. The van der Waals surface area contributed by atoms with Gasteiger partial charge in [-0.1, -0.05) is 5.57 Å². The third-order valence-corrected chi connectivity index (χ3v) is 1.53. The van der Waals surface area contributed by atoms with Crippen molar-refractivity contribution in [1.29, 1.82) is 0 Å². The van der Waals surface area contributed by atoms with Crippen molar-refractivity contribution >= 4 is 5.78 Å². The highest BCUT2D eigenvalue weighted by Gasteiger charge is 2.21. The molecule has 1 unspecified atom stereocenters. The highest BCUT2D eigenvalue weighted by Crippen LogP contribution is 2.17. The fourth-order valence-corrected chi connectivity index (χ4v) is 1.05. The summed E-state index contributed by atoms with van der Waals surface area (Å²) in [5.41, 5.74) is 1.42. The van der Waals surface area contributed by atoms with Crippen molar-refractivity contribution in [3.63, 3.8) is 0 Å². The summed E-state index contributed by atoms with van der Waals surface area (Å²) in [6.45, 7) is 3.65. The second kappa shape index (κ2) is 2.39. The van der Waals surface area contributed by atoms with Gasteiger partial charge in [-0.25, -0.2) is 0 Å². The Kier molecular flexibility index (Phi) is 1.72. The zero-order valence-electron chi connectivity index (χ0n) is 6.09. The number of aliphatic hydroxyl groups is 1. The van der Waals surface area contributed by atoms with Gasteiger partial charge in [0.1, 0.15) is 6.10 Å². The molecule has 1 aliphatic rings. The molecule has 1 N–H and O–H groups in total. The number of hydrogen-bond donors (Lipinski definition) is 1. The van der Waals surface area contributed by atoms with Crippen LogP contribution >= 0.6 is 0 Å². The Labute approximate surface area is 59.9 Å². The van der Waals surface area contributed by atoms with Crippen molar-refractivity contribution in [3.05, 3.63) is 23.3 Å². The summed E-state index contributed by atoms with van der Waals surface area (Å²) in [6, 6.07) is 0. The van der Waals surface area contributed by atoms with Crippen LogP contribution < -0.4 is 0 Å². The summed E-state index contributed by atoms with van der Waals surface area (Å²) in [5.74, 6) is -0.0625. The van der Waals surface area contributed by atoms with Gasteiger partial charge in [0.25, 0.3) is 0 Å². The zero-order chi connectivity index (χ0) is 7.72. The summed E-state index contributed by atoms with van der Waals surface area (Å²) in [4.78, 5) is 10.9. The predicted octanol–water partition coefficient (Wildman–Crippen LogP) is 0.823. The van der Waals surface area contributed by atoms with Gasteiger partial charge in [0.2, 0.25) is 0 Å². The van der Waals surface area contributed by atoms with Crippen LogP contribution in [0.2, 0.25) is 0 Å². The lowest BCUT2D eigenvalue weighted by atomic mass is 10.1. The predicted molar refractivity (Wildman–Crippen MR) is 38.5 cm³/mol. The van der Waals surface area contributed by atoms with E-state index in [9.17, 15) is 4.79 Å². The Bertz CT molecular complexity index is 219. The van der Waals surface area contributed by atoms with Crippen LogP contribution in [0.4, 0.5) is 0 Å². The molecule has 0 aromatic rings. The molecular formula is C8H10O2. The van der Waals surface area contributed by atoms with Gasteiger partial charge in [-0.15, -0.1) is 0 Å². The zero-order valence-corrected chi connectivity index (χ0v) is 6.09. The molecule has 0 saturated heterocycles. The Hall–Kier alpha value is -0.890. The average molecular weight is 138 g/mol. The second-order valence-electron chi connectivity index (χ2n) is 2.58. The van der Waals surface area contributed by atoms with Gasteiger partial charge in [-0.2, -0.15) is 0 Å². The Morgan fingerprint density at radius 3 is 2.40 bits per heavy atom. The Morgan fingerprint density at radius 1 is 1.60 bits per heavy atom. The van der Waals surface area contributed by atoms with Crippen LogP contribution in [0.15, 0.2) is 23.3 Å². The van der Waals surface area contributed by atoms with Gasteiger partial charge in [-0.3, -0.25) is 4.79 Å². The van der Waals surface area contributed by atoms with Gasteiger partial charge >= 0.3 is 0 Å². The van der Waals surface area contributed by atoms with E-state index >= 15 is 0 Å². The highest BCUT2D eigenvalue weighted by molar-refractivity contribution is 6.08. The van der Waals surface area contributed by atoms with E-state index in [4.69, 9.17) is 5.11 Å². The maximum Gasteiger partial charge on any atom is 0.184 e. The van der Waals surface area contributed by atoms with E-state index in [1.807, 2.05) is 13.8 Å². The van der Waals surface area contributed by atoms with Crippen molar-refractivity contribution in [2.45, 2.75) is 20.0 Å². The first-order valence-corrected chi connectivity index (χ1v) is 3.21. The first-order valence-electron chi connectivity index (χ1n) is 3.21. The monoisotopic (exact) mass is 138 g/mol. The number of allylic oxidation sites excluding steroid dienone is 2. The van der Waals surface area contributed by atoms with Crippen molar-refractivity contribution < 1.29 is 9.90 Å². The third kappa shape index (κ3) is 1.02. The molecule has 0 bridgehead atoms. The van der Waals surface area contributed by atoms with E-state index in [1.165, 1.54) is 12.2 Å². The second-order valence-corrected chi connectivity index (χ2v) is 2.58. The number of aliphatic hydroxyl groups excluding tert-OH is 1. The molecule has 0 saturated carbocycles. The molecule has 1 atom stereocenters. The van der Waals surface area contributed by atoms with Crippen molar-refractivity contribution in [3.8, 4) is 0 Å². The molecule has 1 aliphatic carbocycles. The number of hydrogen-bond acceptors (Lipinski definition) is 2. The fraction of sp³-hybridized carbons (Fsp3) is 0.375. The smallest absolute Gasteiger partial charge is 0.184 e. The molecule has 1 rings (SSSR count). The molecule has 54 valence electrons. The van der Waals surface area contributed by atoms with Gasteiger partial charge in [0.15, 0.2) is 5.78 Å². The Morgan fingerprint density at radius 2 is 2.20 bits per heavy atom. The summed E-state index contributed by atoms with van der Waals surface area (Å²) < 4.78 is 0. The maximum atomic E-state index is 10.9. The minimum atomic E-state index is -0.669. The number of carbonyl (C=O) groups excluding carboxylic acids is 1. The average Bonchev–Trinajstić information content (AvgIpc) is 2.11. The third-order valence-electron chi connectivity index (χ3n) is 1.53. The number of carbonyl (C=O) groups is 1. The lowest BCUT2D eigenvalue weighted by molar-refractivity contribution is -0.111. The molecule has 0 amide bonds. The van der Waals surface area contributed by atoms with Crippen molar-refractivity contribution in [1.82, 2.24) is 0 Å². The summed E-state index contributed by atoms with van der Waals surface area (Å²) >= 11 is 0. The lowest BCUT2D eigenvalue weighted by Gasteiger charge is -2.03. The molecule has 0 aromatic heterocycles. The van der Waals surface area contributed by atoms with E-state index in [-0.39, 0.29) is 5.78 Å². The SMILES string of the molecule is CC(C)=C1C(=O)C=CC1O. The topological polar surface area (TPSA) is 37.3 Å². The highest BCUT2D eigenvalue weighted by atomic mass is 16.3. The summed E-state index contributed by atoms with van der Waals surface area (Å²) in [7, 11) is 0. The largest absolute Gasteiger partial charge is 0.384 e. The minimum Gasteiger partial charge on any atom is -0.384 e. The Balaban J connectivity index is 3.01. The van der Waals surface area contributed by atoms with Gasteiger partial charge in [0.05, 0.1) is 0 Å². The maximum absolute atomic E-state index is 10.9. The van der Waals surface area contributed by atoms with Crippen LogP contribution in [0.3, 0.4) is 0 Å². The normalized spacial score (nSPS) is 24.1. The molecule has 10 heavy (non-hydrogen) atoms. The van der Waals surface area contributed by atoms with Crippen molar-refractivity contribution in [2.75, 3.05) is 0 Å². The molecule has 0 aliphatic heterocycles. The van der Waals surface area contributed by atoms with Gasteiger partial charge < -0.3 is 5.11 Å². The number of ketones is 1. The standard InChI is InChI=1S/C8H10O2/c1-5(2)8-6(9)3-4-7(8)10/h3-4,6,9H,1-2H3. The molecular weight excluding hydrogens is 128 g/mol. The fourth-order valence-electron chi connectivity index (χ4n) is 1.05. The molecule has 0 fully saturated rings. The molecule has 2 nitrogen and oxygen atoms in total. The van der Waals surface area contributed by atoms with Crippen LogP contribution in [-0.2, 0) is 4.79 Å². The van der Waals surface area contributed by atoms with Crippen LogP contribution in [0, 0.1) is 0 Å². The number of rotatable bonds is 0. The molecule has 2 heteroatoms. The minimum absolute atomic E-state index is 0.0625. The molecule has 0 aromatic carbocycles. The molecule has 0 heterocycles. The summed E-state index contributed by atoms with van der Waals surface area (Å²) in [5, 5.41) is 9.16. The van der Waals surface area contributed by atoms with E-state index in [1.54, 1.807) is 0 Å². The first-order chi connectivity index (χ1) is 4.63. The lowest BCUT2D eigenvalue weighted by Crippen LogP contribution is -2.08. The van der Waals surface area contributed by atoms with Gasteiger partial charge in [0, 0.05) is 5.57 Å². The molecule has 0 radical (unpaired) electrons. The van der Waals surface area contributed by atoms with Crippen LogP contribution in [0.5, 0.6) is 0 Å². The van der Waals surface area contributed by atoms with E-state index in [0.717, 1.165) is 5.57 Å². The van der Waals surface area contributed by atoms with Gasteiger partial charge in [-0.05, 0) is 26.0 Å². The van der Waals surface area contributed by atoms with Crippen LogP contribution in [0.25, 0.3) is 0 Å². The van der Waals surface area contributed by atoms with Crippen molar-refractivity contribution in [2.24, 2.45) is 0 Å². The quantitative estimate of drug-likeness (QED) is 0.503. The van der Waals surface area contributed by atoms with E-state index < -0.39 is 6.10 Å². The van der Waals surface area contributed by atoms with E-state index in [2.05, 4.69) is 0 Å².